The summed E-state index contributed by atoms with van der Waals surface area (Å²) in [5, 5.41) is 0. The number of rotatable bonds is 4. The Morgan fingerprint density at radius 3 is 2.62 bits per heavy atom. The van der Waals surface area contributed by atoms with Crippen LogP contribution in [-0.4, -0.2) is 15.5 Å². The van der Waals surface area contributed by atoms with Crippen LogP contribution in [0.15, 0.2) is 24.3 Å². The van der Waals surface area contributed by atoms with Crippen LogP contribution in [0, 0.1) is 0 Å². The van der Waals surface area contributed by atoms with E-state index in [9.17, 15) is 8.42 Å². The zero-order chi connectivity index (χ0) is 11.8. The Morgan fingerprint density at radius 2 is 2.12 bits per heavy atom. The Bertz CT molecular complexity index is 492. The molecule has 0 saturated heterocycles. The number of methoxy groups -OCH3 is 1. The highest BCUT2D eigenvalue weighted by molar-refractivity contribution is 8.13. The minimum atomic E-state index is -3.49. The van der Waals surface area contributed by atoms with Crippen molar-refractivity contribution < 1.29 is 13.2 Å². The Labute approximate surface area is 99.8 Å². The molecule has 0 amide bonds. The Morgan fingerprint density at radius 1 is 1.44 bits per heavy atom. The molecule has 0 N–H and O–H groups in total. The molecule has 1 aliphatic rings. The smallest absolute Gasteiger partial charge is 0.236 e. The van der Waals surface area contributed by atoms with Crippen molar-refractivity contribution in [2.24, 2.45) is 0 Å². The summed E-state index contributed by atoms with van der Waals surface area (Å²) < 4.78 is 27.4. The summed E-state index contributed by atoms with van der Waals surface area (Å²) in [6.45, 7) is 0. The van der Waals surface area contributed by atoms with Crippen LogP contribution in [0.2, 0.25) is 0 Å². The minimum absolute atomic E-state index is 0.137. The van der Waals surface area contributed by atoms with Crippen LogP contribution in [0.3, 0.4) is 0 Å². The normalized spacial score (nSPS) is 18.4. The number of halogens is 1. The lowest BCUT2D eigenvalue weighted by atomic mass is 10.1. The third-order valence-corrected chi connectivity index (χ3v) is 3.89. The van der Waals surface area contributed by atoms with Gasteiger partial charge >= 0.3 is 0 Å². The summed E-state index contributed by atoms with van der Waals surface area (Å²) in [4.78, 5) is 0. The number of benzene rings is 1. The lowest BCUT2D eigenvalue weighted by molar-refractivity contribution is 0.0789. The second-order valence-electron chi connectivity index (χ2n) is 4.08. The molecule has 5 heteroatoms. The highest BCUT2D eigenvalue weighted by Crippen LogP contribution is 2.48. The Balaban J connectivity index is 2.27. The first kappa shape index (κ1) is 11.9. The van der Waals surface area contributed by atoms with Crippen molar-refractivity contribution in [3.63, 3.8) is 0 Å². The predicted molar refractivity (Wildman–Crippen MR) is 62.8 cm³/mol. The van der Waals surface area contributed by atoms with Crippen molar-refractivity contribution in [1.29, 1.82) is 0 Å². The maximum atomic E-state index is 11.0. The fourth-order valence-electron chi connectivity index (χ4n) is 1.87. The van der Waals surface area contributed by atoms with E-state index in [1.165, 1.54) is 0 Å². The second-order valence-corrected chi connectivity index (χ2v) is 6.86. The van der Waals surface area contributed by atoms with Crippen LogP contribution in [-0.2, 0) is 25.1 Å². The lowest BCUT2D eigenvalue weighted by Gasteiger charge is -2.14. The first-order chi connectivity index (χ1) is 7.45. The largest absolute Gasteiger partial charge is 0.374 e. The van der Waals surface area contributed by atoms with E-state index >= 15 is 0 Å². The van der Waals surface area contributed by atoms with Crippen LogP contribution in [0.5, 0.6) is 0 Å². The van der Waals surface area contributed by atoms with Crippen molar-refractivity contribution in [3.8, 4) is 0 Å². The molecule has 2 rings (SSSR count). The lowest BCUT2D eigenvalue weighted by Crippen LogP contribution is -2.09. The van der Waals surface area contributed by atoms with E-state index in [-0.39, 0.29) is 11.4 Å². The molecule has 88 valence electrons. The average molecular weight is 261 g/mol. The average Bonchev–Trinajstić information content (AvgIpc) is 2.96. The summed E-state index contributed by atoms with van der Waals surface area (Å²) in [7, 11) is 3.41. The fourth-order valence-corrected chi connectivity index (χ4v) is 2.82. The van der Waals surface area contributed by atoms with Gasteiger partial charge in [-0.2, -0.15) is 0 Å². The molecule has 1 saturated carbocycles. The highest BCUT2D eigenvalue weighted by Gasteiger charge is 2.44. The van der Waals surface area contributed by atoms with Gasteiger partial charge in [-0.15, -0.1) is 0 Å². The minimum Gasteiger partial charge on any atom is -0.374 e. The third-order valence-electron chi connectivity index (χ3n) is 2.89. The Hall–Kier alpha value is -0.580. The highest BCUT2D eigenvalue weighted by atomic mass is 35.7. The molecule has 0 aliphatic heterocycles. The molecule has 0 unspecified atom stereocenters. The van der Waals surface area contributed by atoms with Crippen molar-refractivity contribution in [2.45, 2.75) is 24.2 Å². The third kappa shape index (κ3) is 2.56. The van der Waals surface area contributed by atoms with Gasteiger partial charge in [0.05, 0.1) is 11.4 Å². The number of hydrogen-bond donors (Lipinski definition) is 0. The van der Waals surface area contributed by atoms with E-state index < -0.39 is 9.05 Å². The number of ether oxygens (including phenoxy) is 1. The van der Waals surface area contributed by atoms with Gasteiger partial charge in [0.15, 0.2) is 0 Å². The van der Waals surface area contributed by atoms with Gasteiger partial charge in [0.25, 0.3) is 0 Å². The molecule has 0 bridgehead atoms. The van der Waals surface area contributed by atoms with Crippen LogP contribution in [0.25, 0.3) is 0 Å². The van der Waals surface area contributed by atoms with E-state index in [1.54, 1.807) is 13.2 Å². The van der Waals surface area contributed by atoms with E-state index in [2.05, 4.69) is 0 Å². The van der Waals surface area contributed by atoms with Gasteiger partial charge in [-0.1, -0.05) is 24.3 Å². The fraction of sp³-hybridized carbons (Fsp3) is 0.455. The van der Waals surface area contributed by atoms with E-state index in [4.69, 9.17) is 15.4 Å². The molecule has 1 aromatic carbocycles. The summed E-state index contributed by atoms with van der Waals surface area (Å²) >= 11 is 0. The van der Waals surface area contributed by atoms with E-state index in [0.29, 0.717) is 5.56 Å². The summed E-state index contributed by atoms with van der Waals surface area (Å²) in [6.07, 6.45) is 1.97. The van der Waals surface area contributed by atoms with Gasteiger partial charge in [0, 0.05) is 17.8 Å². The maximum absolute atomic E-state index is 11.0. The predicted octanol–water partition coefficient (Wildman–Crippen LogP) is 2.39. The van der Waals surface area contributed by atoms with Crippen molar-refractivity contribution in [3.05, 3.63) is 35.4 Å². The molecule has 0 heterocycles. The van der Waals surface area contributed by atoms with Crippen molar-refractivity contribution >= 4 is 19.7 Å². The molecular weight excluding hydrogens is 248 g/mol. The van der Waals surface area contributed by atoms with Gasteiger partial charge in [0.1, 0.15) is 0 Å². The molecule has 0 atom stereocenters. The zero-order valence-electron chi connectivity index (χ0n) is 8.94. The summed E-state index contributed by atoms with van der Waals surface area (Å²) in [5.41, 5.74) is 1.55. The molecule has 1 aromatic rings. The number of hydrogen-bond acceptors (Lipinski definition) is 3. The van der Waals surface area contributed by atoms with Crippen LogP contribution in [0.4, 0.5) is 0 Å². The summed E-state index contributed by atoms with van der Waals surface area (Å²) in [6, 6.07) is 7.41. The van der Waals surface area contributed by atoms with Crippen molar-refractivity contribution in [2.75, 3.05) is 7.11 Å². The quantitative estimate of drug-likeness (QED) is 0.781. The first-order valence-electron chi connectivity index (χ1n) is 5.02. The van der Waals surface area contributed by atoms with E-state index in [1.807, 2.05) is 18.2 Å². The van der Waals surface area contributed by atoms with Crippen LogP contribution >= 0.6 is 10.7 Å². The molecular formula is C11H13ClO3S. The van der Waals surface area contributed by atoms with Crippen LogP contribution in [0.1, 0.15) is 24.0 Å². The zero-order valence-corrected chi connectivity index (χ0v) is 10.5. The first-order valence-corrected chi connectivity index (χ1v) is 7.50. The molecule has 1 aliphatic carbocycles. The van der Waals surface area contributed by atoms with Gasteiger partial charge in [-0.05, 0) is 24.0 Å². The summed E-state index contributed by atoms with van der Waals surface area (Å²) in [5.74, 6) is -0.137. The maximum Gasteiger partial charge on any atom is 0.236 e. The van der Waals surface area contributed by atoms with Gasteiger partial charge in [-0.25, -0.2) is 8.42 Å². The standard InChI is InChI=1S/C11H13ClO3S/c1-15-11(5-6-11)10-4-2-3-9(7-10)8-16(12,13)14/h2-4,7H,5-6,8H2,1H3. The van der Waals surface area contributed by atoms with Gasteiger partial charge in [0.2, 0.25) is 9.05 Å². The monoisotopic (exact) mass is 260 g/mol. The molecule has 0 radical (unpaired) electrons. The topological polar surface area (TPSA) is 43.4 Å². The van der Waals surface area contributed by atoms with E-state index in [0.717, 1.165) is 18.4 Å². The Kier molecular flexibility index (Phi) is 2.99. The SMILES string of the molecule is COC1(c2cccc(CS(=O)(=O)Cl)c2)CC1. The van der Waals surface area contributed by atoms with Crippen LogP contribution < -0.4 is 0 Å². The van der Waals surface area contributed by atoms with Gasteiger partial charge < -0.3 is 4.74 Å². The molecule has 0 aromatic heterocycles. The second kappa shape index (κ2) is 4.02. The molecule has 3 nitrogen and oxygen atoms in total. The molecule has 1 fully saturated rings. The molecule has 0 spiro atoms. The van der Waals surface area contributed by atoms with Gasteiger partial charge in [-0.3, -0.25) is 0 Å². The molecule has 16 heavy (non-hydrogen) atoms. The van der Waals surface area contributed by atoms with Crippen molar-refractivity contribution in [1.82, 2.24) is 0 Å².